The zero-order chi connectivity index (χ0) is 15.6. The lowest BCUT2D eigenvalue weighted by atomic mass is 9.85. The predicted octanol–water partition coefficient (Wildman–Crippen LogP) is 3.68. The lowest BCUT2D eigenvalue weighted by molar-refractivity contribution is 0.102. The molecule has 3 heteroatoms. The molecule has 0 spiro atoms. The smallest absolute Gasteiger partial charge is 0.164 e. The Bertz CT molecular complexity index is 474. The summed E-state index contributed by atoms with van der Waals surface area (Å²) < 4.78 is 11.0. The van der Waals surface area contributed by atoms with Gasteiger partial charge in [0.1, 0.15) is 0 Å². The summed E-state index contributed by atoms with van der Waals surface area (Å²) in [7, 11) is 3.44. The van der Waals surface area contributed by atoms with Crippen molar-refractivity contribution in [3.05, 3.63) is 23.3 Å². The van der Waals surface area contributed by atoms with Gasteiger partial charge in [0.15, 0.2) is 11.5 Å². The summed E-state index contributed by atoms with van der Waals surface area (Å²) in [5, 5.41) is 0. The zero-order valence-electron chi connectivity index (χ0n) is 14.3. The van der Waals surface area contributed by atoms with E-state index in [1.807, 2.05) is 6.07 Å². The fourth-order valence-electron chi connectivity index (χ4n) is 3.86. The van der Waals surface area contributed by atoms with Gasteiger partial charge in [0.2, 0.25) is 0 Å². The van der Waals surface area contributed by atoms with Gasteiger partial charge >= 0.3 is 0 Å². The standard InChI is InChI=1S/C18H29NO2/c1-12(2)19(13(3)4)15-8-9-16-14(11-15)7-10-17(20-5)18(16)21-6/h7,10,12-13,15H,8-9,11H2,1-6H3. The van der Waals surface area contributed by atoms with Crippen molar-refractivity contribution in [3.8, 4) is 11.5 Å². The number of hydrogen-bond acceptors (Lipinski definition) is 3. The molecular weight excluding hydrogens is 262 g/mol. The number of fused-ring (bicyclic) bond motifs is 1. The molecule has 0 N–H and O–H groups in total. The summed E-state index contributed by atoms with van der Waals surface area (Å²) in [6.07, 6.45) is 3.36. The monoisotopic (exact) mass is 291 g/mol. The van der Waals surface area contributed by atoms with Crippen LogP contribution in [0.3, 0.4) is 0 Å². The highest BCUT2D eigenvalue weighted by atomic mass is 16.5. The fourth-order valence-corrected chi connectivity index (χ4v) is 3.86. The van der Waals surface area contributed by atoms with Gasteiger partial charge in [0, 0.05) is 23.7 Å². The van der Waals surface area contributed by atoms with Crippen LogP contribution in [-0.4, -0.2) is 37.2 Å². The zero-order valence-corrected chi connectivity index (χ0v) is 14.3. The number of ether oxygens (including phenoxy) is 2. The highest BCUT2D eigenvalue weighted by molar-refractivity contribution is 5.52. The molecule has 1 aliphatic rings. The summed E-state index contributed by atoms with van der Waals surface area (Å²) in [4.78, 5) is 2.64. The molecule has 1 aromatic carbocycles. The molecular formula is C18H29NO2. The van der Waals surface area contributed by atoms with Gasteiger partial charge in [-0.3, -0.25) is 4.90 Å². The first-order valence-electron chi connectivity index (χ1n) is 7.99. The van der Waals surface area contributed by atoms with E-state index in [2.05, 4.69) is 38.7 Å². The van der Waals surface area contributed by atoms with Crippen molar-refractivity contribution in [1.82, 2.24) is 4.90 Å². The number of nitrogens with zero attached hydrogens (tertiary/aromatic N) is 1. The first-order chi connectivity index (χ1) is 9.99. The molecule has 3 nitrogen and oxygen atoms in total. The van der Waals surface area contributed by atoms with Crippen LogP contribution in [0, 0.1) is 0 Å². The second-order valence-corrected chi connectivity index (χ2v) is 6.47. The maximum Gasteiger partial charge on any atom is 0.164 e. The van der Waals surface area contributed by atoms with E-state index in [0.717, 1.165) is 24.3 Å². The molecule has 1 unspecified atom stereocenters. The fraction of sp³-hybridized carbons (Fsp3) is 0.667. The van der Waals surface area contributed by atoms with Crippen molar-refractivity contribution in [2.75, 3.05) is 14.2 Å². The molecule has 1 atom stereocenters. The van der Waals surface area contributed by atoms with Crippen LogP contribution in [0.5, 0.6) is 11.5 Å². The topological polar surface area (TPSA) is 21.7 Å². The molecule has 0 heterocycles. The highest BCUT2D eigenvalue weighted by Gasteiger charge is 2.29. The van der Waals surface area contributed by atoms with Gasteiger partial charge in [-0.15, -0.1) is 0 Å². The Hall–Kier alpha value is -1.22. The van der Waals surface area contributed by atoms with E-state index in [1.54, 1.807) is 14.2 Å². The van der Waals surface area contributed by atoms with Crippen molar-refractivity contribution in [3.63, 3.8) is 0 Å². The van der Waals surface area contributed by atoms with Gasteiger partial charge in [-0.05, 0) is 58.6 Å². The molecule has 0 fully saturated rings. The number of benzene rings is 1. The molecule has 0 saturated carbocycles. The molecule has 1 aromatic rings. The molecule has 21 heavy (non-hydrogen) atoms. The van der Waals surface area contributed by atoms with Crippen LogP contribution in [0.4, 0.5) is 0 Å². The third kappa shape index (κ3) is 3.18. The Labute approximate surface area is 129 Å². The van der Waals surface area contributed by atoms with E-state index in [0.29, 0.717) is 18.1 Å². The molecule has 0 saturated heterocycles. The summed E-state index contributed by atoms with van der Waals surface area (Å²) in [5.41, 5.74) is 2.75. The van der Waals surface area contributed by atoms with E-state index >= 15 is 0 Å². The van der Waals surface area contributed by atoms with Crippen LogP contribution >= 0.6 is 0 Å². The molecule has 0 bridgehead atoms. The number of rotatable bonds is 5. The summed E-state index contributed by atoms with van der Waals surface area (Å²) in [6, 6.07) is 6.03. The number of hydrogen-bond donors (Lipinski definition) is 0. The SMILES string of the molecule is COc1ccc2c(c1OC)CCC(N(C(C)C)C(C)C)C2. The Kier molecular flexibility index (Phi) is 5.15. The van der Waals surface area contributed by atoms with Crippen LogP contribution in [0.25, 0.3) is 0 Å². The van der Waals surface area contributed by atoms with Crippen molar-refractivity contribution in [2.45, 2.75) is 65.1 Å². The molecule has 0 aliphatic heterocycles. The molecule has 0 radical (unpaired) electrons. The quantitative estimate of drug-likeness (QED) is 0.826. The van der Waals surface area contributed by atoms with Crippen molar-refractivity contribution in [2.24, 2.45) is 0 Å². The van der Waals surface area contributed by atoms with E-state index in [1.165, 1.54) is 17.5 Å². The average Bonchev–Trinajstić information content (AvgIpc) is 2.44. The molecule has 2 rings (SSSR count). The molecule has 0 aromatic heterocycles. The van der Waals surface area contributed by atoms with E-state index in [9.17, 15) is 0 Å². The van der Waals surface area contributed by atoms with Gasteiger partial charge < -0.3 is 9.47 Å². The Balaban J connectivity index is 2.29. The first kappa shape index (κ1) is 16.2. The van der Waals surface area contributed by atoms with Gasteiger partial charge in [0.25, 0.3) is 0 Å². The normalized spacial score (nSPS) is 18.2. The van der Waals surface area contributed by atoms with Crippen LogP contribution in [0.15, 0.2) is 12.1 Å². The Morgan fingerprint density at radius 3 is 2.24 bits per heavy atom. The predicted molar refractivity (Wildman–Crippen MR) is 87.5 cm³/mol. The second kappa shape index (κ2) is 6.69. The van der Waals surface area contributed by atoms with Crippen LogP contribution in [0.2, 0.25) is 0 Å². The maximum absolute atomic E-state index is 5.59. The third-order valence-corrected chi connectivity index (χ3v) is 4.54. The first-order valence-corrected chi connectivity index (χ1v) is 7.99. The van der Waals surface area contributed by atoms with Gasteiger partial charge in [0.05, 0.1) is 14.2 Å². The summed E-state index contributed by atoms with van der Waals surface area (Å²) in [6.45, 7) is 9.18. The minimum Gasteiger partial charge on any atom is -0.493 e. The second-order valence-electron chi connectivity index (χ2n) is 6.47. The van der Waals surface area contributed by atoms with Crippen LogP contribution in [-0.2, 0) is 12.8 Å². The van der Waals surface area contributed by atoms with Gasteiger partial charge in [-0.2, -0.15) is 0 Å². The number of methoxy groups -OCH3 is 2. The minimum atomic E-state index is 0.580. The molecule has 1 aliphatic carbocycles. The van der Waals surface area contributed by atoms with E-state index in [4.69, 9.17) is 9.47 Å². The van der Waals surface area contributed by atoms with Crippen LogP contribution in [0.1, 0.15) is 45.2 Å². The molecule has 118 valence electrons. The van der Waals surface area contributed by atoms with Gasteiger partial charge in [-0.25, -0.2) is 0 Å². The third-order valence-electron chi connectivity index (χ3n) is 4.54. The average molecular weight is 291 g/mol. The summed E-state index contributed by atoms with van der Waals surface area (Å²) >= 11 is 0. The minimum absolute atomic E-state index is 0.580. The highest BCUT2D eigenvalue weighted by Crippen LogP contribution is 2.38. The summed E-state index contributed by atoms with van der Waals surface area (Å²) in [5.74, 6) is 1.77. The van der Waals surface area contributed by atoms with Crippen LogP contribution < -0.4 is 9.47 Å². The largest absolute Gasteiger partial charge is 0.493 e. The lowest BCUT2D eigenvalue weighted by Crippen LogP contribution is -2.47. The maximum atomic E-state index is 5.59. The van der Waals surface area contributed by atoms with E-state index < -0.39 is 0 Å². The van der Waals surface area contributed by atoms with Gasteiger partial charge in [-0.1, -0.05) is 6.07 Å². The van der Waals surface area contributed by atoms with Crippen molar-refractivity contribution in [1.29, 1.82) is 0 Å². The Morgan fingerprint density at radius 2 is 1.71 bits per heavy atom. The molecule has 0 amide bonds. The van der Waals surface area contributed by atoms with Crippen molar-refractivity contribution < 1.29 is 9.47 Å². The van der Waals surface area contributed by atoms with E-state index in [-0.39, 0.29) is 0 Å². The lowest BCUT2D eigenvalue weighted by Gasteiger charge is -2.41. The van der Waals surface area contributed by atoms with Crippen molar-refractivity contribution >= 4 is 0 Å². The Morgan fingerprint density at radius 1 is 1.05 bits per heavy atom.